The van der Waals surface area contributed by atoms with Gasteiger partial charge in [0.05, 0.1) is 6.21 Å². The Morgan fingerprint density at radius 2 is 1.83 bits per heavy atom. The Kier molecular flexibility index (Phi) is 3.75. The van der Waals surface area contributed by atoms with Gasteiger partial charge in [-0.15, -0.1) is 4.00 Å². The van der Waals surface area contributed by atoms with Gasteiger partial charge in [-0.3, -0.25) is 4.72 Å². The van der Waals surface area contributed by atoms with Crippen LogP contribution >= 0.6 is 23.4 Å². The van der Waals surface area contributed by atoms with Gasteiger partial charge in [0.15, 0.2) is 18.0 Å². The highest BCUT2D eigenvalue weighted by Gasteiger charge is 2.43. The highest BCUT2D eigenvalue weighted by Crippen LogP contribution is 2.33. The molecule has 0 aliphatic carbocycles. The Hall–Kier alpha value is -1.81. The summed E-state index contributed by atoms with van der Waals surface area (Å²) >= 11 is 11.9. The molecule has 3 rings (SSSR count). The Balaban J connectivity index is 2.00. The van der Waals surface area contributed by atoms with Crippen LogP contribution in [0.25, 0.3) is 0 Å². The molecule has 0 amide bonds. The number of fused-ring (bicyclic) bond motifs is 1. The Morgan fingerprint density at radius 3 is 2.48 bits per heavy atom. The van der Waals surface area contributed by atoms with Crippen LogP contribution in [0, 0.1) is 11.6 Å². The van der Waals surface area contributed by atoms with E-state index in [1.54, 1.807) is 0 Å². The first kappa shape index (κ1) is 16.1. The number of hydrogen-bond donors (Lipinski definition) is 1. The number of aliphatic imine (C=N–C) groups is 2. The quantitative estimate of drug-likeness (QED) is 0.819. The zero-order valence-corrected chi connectivity index (χ0v) is 13.4. The van der Waals surface area contributed by atoms with Gasteiger partial charge in [0.2, 0.25) is 5.03 Å². The summed E-state index contributed by atoms with van der Waals surface area (Å²) in [5, 5.41) is -0.355. The fraction of sp³-hybridized carbons (Fsp3) is 0. The SMILES string of the molecule is O=S(=O)(Nc1c(F)cccc1F)C1=C[N+]2(Cl)C=C(Cl)C=NC2=N1. The largest absolute Gasteiger partial charge is 0.358 e. The van der Waals surface area contributed by atoms with E-state index in [-0.39, 0.29) is 11.0 Å². The smallest absolute Gasteiger partial charge is 0.272 e. The first-order valence-electron chi connectivity index (χ1n) is 6.01. The molecule has 2 aliphatic heterocycles. The molecule has 120 valence electrons. The second-order valence-electron chi connectivity index (χ2n) is 4.54. The van der Waals surface area contributed by atoms with E-state index in [2.05, 4.69) is 9.98 Å². The monoisotopic (exact) mass is 379 g/mol. The molecule has 1 N–H and O–H groups in total. The van der Waals surface area contributed by atoms with Crippen LogP contribution in [-0.4, -0.2) is 24.6 Å². The van der Waals surface area contributed by atoms with Crippen molar-refractivity contribution < 1.29 is 21.2 Å². The predicted octanol–water partition coefficient (Wildman–Crippen LogP) is 3.01. The average molecular weight is 380 g/mol. The second-order valence-corrected chi connectivity index (χ2v) is 7.17. The van der Waals surface area contributed by atoms with E-state index in [1.165, 1.54) is 12.4 Å². The van der Waals surface area contributed by atoms with Gasteiger partial charge in [0.25, 0.3) is 10.0 Å². The fourth-order valence-corrected chi connectivity index (χ4v) is 3.54. The number of benzene rings is 1. The maximum Gasteiger partial charge on any atom is 0.358 e. The standard InChI is InChI=1S/C12H7Cl2F2N4O2S/c13-7-4-17-12-18-10(6-20(12,14)5-7)23(21,22)19-11-8(15)2-1-3-9(11)16/h1-6,19H/q+1. The summed E-state index contributed by atoms with van der Waals surface area (Å²) in [6.07, 6.45) is 3.56. The summed E-state index contributed by atoms with van der Waals surface area (Å²) in [5.41, 5.74) is -0.809. The van der Waals surface area contributed by atoms with E-state index >= 15 is 0 Å². The van der Waals surface area contributed by atoms with Gasteiger partial charge in [-0.25, -0.2) is 8.78 Å². The number of rotatable bonds is 3. The minimum Gasteiger partial charge on any atom is -0.272 e. The van der Waals surface area contributed by atoms with Crippen LogP contribution in [0.15, 0.2) is 50.6 Å². The van der Waals surface area contributed by atoms with Crippen molar-refractivity contribution >= 4 is 51.3 Å². The molecule has 0 spiro atoms. The van der Waals surface area contributed by atoms with Crippen molar-refractivity contribution in [3.63, 3.8) is 0 Å². The van der Waals surface area contributed by atoms with Gasteiger partial charge < -0.3 is 0 Å². The minimum absolute atomic E-state index is 0.0644. The number of quaternary nitrogens is 1. The van der Waals surface area contributed by atoms with E-state index in [0.717, 1.165) is 24.4 Å². The van der Waals surface area contributed by atoms with Crippen molar-refractivity contribution in [3.05, 3.63) is 52.3 Å². The molecule has 2 aliphatic rings. The van der Waals surface area contributed by atoms with Gasteiger partial charge >= 0.3 is 5.96 Å². The van der Waals surface area contributed by atoms with E-state index in [9.17, 15) is 17.2 Å². The normalized spacial score (nSPS) is 23.0. The van der Waals surface area contributed by atoms with E-state index in [0.29, 0.717) is 0 Å². The van der Waals surface area contributed by atoms with Crippen molar-refractivity contribution in [1.82, 2.24) is 0 Å². The number of sulfonamides is 1. The molecule has 0 radical (unpaired) electrons. The van der Waals surface area contributed by atoms with Crippen molar-refractivity contribution in [2.24, 2.45) is 9.98 Å². The van der Waals surface area contributed by atoms with Crippen LogP contribution in [0.2, 0.25) is 0 Å². The summed E-state index contributed by atoms with van der Waals surface area (Å²) in [5.74, 6) is -2.19. The van der Waals surface area contributed by atoms with Crippen LogP contribution in [0.1, 0.15) is 0 Å². The summed E-state index contributed by atoms with van der Waals surface area (Å²) in [6, 6.07) is 2.95. The summed E-state index contributed by atoms with van der Waals surface area (Å²) in [7, 11) is -4.37. The number of guanidine groups is 1. The molecule has 1 aromatic carbocycles. The van der Waals surface area contributed by atoms with Gasteiger partial charge in [0.1, 0.15) is 28.6 Å². The molecular weight excluding hydrogens is 373 g/mol. The zero-order chi connectivity index (χ0) is 16.8. The molecule has 1 aromatic rings. The van der Waals surface area contributed by atoms with Crippen molar-refractivity contribution in [3.8, 4) is 0 Å². The summed E-state index contributed by atoms with van der Waals surface area (Å²) in [6.45, 7) is 0. The van der Waals surface area contributed by atoms with Gasteiger partial charge in [-0.05, 0) is 12.1 Å². The first-order chi connectivity index (χ1) is 10.7. The number of nitrogens with one attached hydrogen (secondary N) is 1. The van der Waals surface area contributed by atoms with Crippen LogP contribution in [-0.2, 0) is 10.0 Å². The number of halogens is 4. The maximum atomic E-state index is 13.6. The third-order valence-corrected chi connectivity index (χ3v) is 4.67. The van der Waals surface area contributed by atoms with Gasteiger partial charge in [-0.2, -0.15) is 18.4 Å². The molecule has 11 heteroatoms. The molecule has 23 heavy (non-hydrogen) atoms. The molecule has 6 nitrogen and oxygen atoms in total. The number of nitrogens with zero attached hydrogens (tertiary/aromatic N) is 3. The third-order valence-electron chi connectivity index (χ3n) is 2.90. The van der Waals surface area contributed by atoms with E-state index < -0.39 is 36.4 Å². The lowest BCUT2D eigenvalue weighted by atomic mass is 10.3. The molecule has 0 saturated heterocycles. The number of anilines is 1. The van der Waals surface area contributed by atoms with Crippen LogP contribution in [0.5, 0.6) is 0 Å². The molecule has 0 bridgehead atoms. The topological polar surface area (TPSA) is 70.9 Å². The Bertz CT molecular complexity index is 907. The molecule has 0 aromatic heterocycles. The first-order valence-corrected chi connectivity index (χ1v) is 8.21. The molecule has 0 saturated carbocycles. The fourth-order valence-electron chi connectivity index (χ4n) is 1.88. The third kappa shape index (κ3) is 2.88. The average Bonchev–Trinajstić information content (AvgIpc) is 2.80. The molecule has 1 unspecified atom stereocenters. The minimum atomic E-state index is -4.37. The Labute approximate surface area is 139 Å². The molecule has 1 atom stereocenters. The van der Waals surface area contributed by atoms with Crippen LogP contribution in [0.4, 0.5) is 14.5 Å². The van der Waals surface area contributed by atoms with Gasteiger partial charge in [-0.1, -0.05) is 17.7 Å². The van der Waals surface area contributed by atoms with Crippen molar-refractivity contribution in [1.29, 1.82) is 0 Å². The lowest BCUT2D eigenvalue weighted by Gasteiger charge is -2.16. The highest BCUT2D eigenvalue weighted by molar-refractivity contribution is 7.96. The summed E-state index contributed by atoms with van der Waals surface area (Å²) < 4.78 is 52.9. The van der Waals surface area contributed by atoms with Crippen LogP contribution < -0.4 is 4.72 Å². The van der Waals surface area contributed by atoms with E-state index in [1.807, 2.05) is 4.72 Å². The maximum absolute atomic E-state index is 13.6. The highest BCUT2D eigenvalue weighted by atomic mass is 35.5. The number of allylic oxidation sites excluding steroid dienone is 1. The second kappa shape index (κ2) is 5.38. The summed E-state index contributed by atoms with van der Waals surface area (Å²) in [4.78, 5) is 7.59. The predicted molar refractivity (Wildman–Crippen MR) is 83.0 cm³/mol. The van der Waals surface area contributed by atoms with E-state index in [4.69, 9.17) is 23.4 Å². The van der Waals surface area contributed by atoms with Crippen molar-refractivity contribution in [2.45, 2.75) is 0 Å². The lowest BCUT2D eigenvalue weighted by molar-refractivity contribution is -0.591. The number of hydrogen-bond acceptors (Lipinski definition) is 4. The lowest BCUT2D eigenvalue weighted by Crippen LogP contribution is -2.32. The zero-order valence-electron chi connectivity index (χ0n) is 11.0. The Morgan fingerprint density at radius 1 is 1.17 bits per heavy atom. The number of para-hydroxylation sites is 1. The molecular formula is C12H7Cl2F2N4O2S+. The molecule has 0 fully saturated rings. The van der Waals surface area contributed by atoms with Crippen LogP contribution in [0.3, 0.4) is 0 Å². The molecule has 2 heterocycles. The van der Waals surface area contributed by atoms with Gasteiger partial charge in [0, 0.05) is 0 Å². The van der Waals surface area contributed by atoms with Crippen molar-refractivity contribution in [2.75, 3.05) is 4.72 Å².